The van der Waals surface area contributed by atoms with Gasteiger partial charge in [0.05, 0.1) is 0 Å². The van der Waals surface area contributed by atoms with E-state index in [0.29, 0.717) is 5.89 Å². The predicted octanol–water partition coefficient (Wildman–Crippen LogP) is 0.0594. The first kappa shape index (κ1) is 12.5. The van der Waals surface area contributed by atoms with Crippen molar-refractivity contribution < 1.29 is 19.1 Å². The molecular formula is C8H11N3O4S. The van der Waals surface area contributed by atoms with Crippen LogP contribution in [0.1, 0.15) is 12.8 Å². The Morgan fingerprint density at radius 2 is 2.25 bits per heavy atom. The Morgan fingerprint density at radius 1 is 1.56 bits per heavy atom. The van der Waals surface area contributed by atoms with Crippen molar-refractivity contribution >= 4 is 23.6 Å². The second kappa shape index (κ2) is 5.50. The van der Waals surface area contributed by atoms with Crippen molar-refractivity contribution in [3.63, 3.8) is 0 Å². The van der Waals surface area contributed by atoms with Gasteiger partial charge in [0.25, 0.3) is 5.22 Å². The maximum absolute atomic E-state index is 10.8. The van der Waals surface area contributed by atoms with Crippen molar-refractivity contribution in [1.29, 1.82) is 0 Å². The SMILES string of the molecule is CC(=O)NC(CSc1nnc(C)o1)C(=O)O. The highest BCUT2D eigenvalue weighted by Gasteiger charge is 2.19. The Balaban J connectivity index is 2.50. The van der Waals surface area contributed by atoms with Crippen molar-refractivity contribution in [2.45, 2.75) is 25.1 Å². The molecule has 0 spiro atoms. The van der Waals surface area contributed by atoms with Gasteiger partial charge in [-0.1, -0.05) is 11.8 Å². The summed E-state index contributed by atoms with van der Waals surface area (Å²) in [4.78, 5) is 21.5. The lowest BCUT2D eigenvalue weighted by atomic mass is 10.3. The summed E-state index contributed by atoms with van der Waals surface area (Å²) in [5.74, 6) is -0.946. The quantitative estimate of drug-likeness (QED) is 0.706. The van der Waals surface area contributed by atoms with Crippen LogP contribution in [0.5, 0.6) is 0 Å². The molecule has 0 radical (unpaired) electrons. The Hall–Kier alpha value is -1.57. The lowest BCUT2D eigenvalue weighted by Crippen LogP contribution is -2.41. The van der Waals surface area contributed by atoms with Crippen LogP contribution in [0.3, 0.4) is 0 Å². The zero-order valence-electron chi connectivity index (χ0n) is 8.76. The fourth-order valence-corrected chi connectivity index (χ4v) is 1.72. The van der Waals surface area contributed by atoms with Gasteiger partial charge in [-0.25, -0.2) is 4.79 Å². The van der Waals surface area contributed by atoms with Crippen LogP contribution in [-0.4, -0.2) is 39.0 Å². The normalized spacial score (nSPS) is 12.1. The zero-order chi connectivity index (χ0) is 12.1. The fourth-order valence-electron chi connectivity index (χ4n) is 0.911. The van der Waals surface area contributed by atoms with Crippen LogP contribution >= 0.6 is 11.8 Å². The van der Waals surface area contributed by atoms with E-state index in [-0.39, 0.29) is 11.0 Å². The van der Waals surface area contributed by atoms with E-state index in [1.807, 2.05) is 0 Å². The molecule has 2 N–H and O–H groups in total. The number of aromatic nitrogens is 2. The van der Waals surface area contributed by atoms with E-state index in [9.17, 15) is 9.59 Å². The van der Waals surface area contributed by atoms with Crippen molar-refractivity contribution in [2.75, 3.05) is 5.75 Å². The number of nitrogens with one attached hydrogen (secondary N) is 1. The number of carboxylic acid groups (broad SMARTS) is 1. The van der Waals surface area contributed by atoms with E-state index in [1.54, 1.807) is 6.92 Å². The summed E-state index contributed by atoms with van der Waals surface area (Å²) in [6.07, 6.45) is 0. The van der Waals surface area contributed by atoms with E-state index in [1.165, 1.54) is 6.92 Å². The number of hydrogen-bond donors (Lipinski definition) is 2. The number of carbonyl (C=O) groups excluding carboxylic acids is 1. The third kappa shape index (κ3) is 3.89. The first-order valence-electron chi connectivity index (χ1n) is 4.42. The zero-order valence-corrected chi connectivity index (χ0v) is 9.58. The van der Waals surface area contributed by atoms with Crippen molar-refractivity contribution in [3.05, 3.63) is 5.89 Å². The number of rotatable bonds is 5. The topological polar surface area (TPSA) is 105 Å². The highest BCUT2D eigenvalue weighted by atomic mass is 32.2. The van der Waals surface area contributed by atoms with Gasteiger partial charge < -0.3 is 14.8 Å². The van der Waals surface area contributed by atoms with Gasteiger partial charge in [-0.2, -0.15) is 0 Å². The largest absolute Gasteiger partial charge is 0.480 e. The molecule has 7 nitrogen and oxygen atoms in total. The smallest absolute Gasteiger partial charge is 0.327 e. The number of aliphatic carboxylic acids is 1. The van der Waals surface area contributed by atoms with E-state index in [2.05, 4.69) is 15.5 Å². The summed E-state index contributed by atoms with van der Waals surface area (Å²) in [6.45, 7) is 2.90. The van der Waals surface area contributed by atoms with Crippen LogP contribution in [-0.2, 0) is 9.59 Å². The van der Waals surface area contributed by atoms with E-state index in [0.717, 1.165) is 11.8 Å². The third-order valence-electron chi connectivity index (χ3n) is 1.56. The number of thioether (sulfide) groups is 1. The third-order valence-corrected chi connectivity index (χ3v) is 2.47. The summed E-state index contributed by atoms with van der Waals surface area (Å²) < 4.78 is 5.05. The van der Waals surface area contributed by atoms with Crippen LogP contribution in [0.2, 0.25) is 0 Å². The molecule has 0 saturated carbocycles. The second-order valence-electron chi connectivity index (χ2n) is 2.99. The van der Waals surface area contributed by atoms with Crippen molar-refractivity contribution in [1.82, 2.24) is 15.5 Å². The van der Waals surface area contributed by atoms with E-state index >= 15 is 0 Å². The van der Waals surface area contributed by atoms with Crippen molar-refractivity contribution in [2.24, 2.45) is 0 Å². The Labute approximate surface area is 95.6 Å². The van der Waals surface area contributed by atoms with Gasteiger partial charge in [0, 0.05) is 19.6 Å². The first-order valence-corrected chi connectivity index (χ1v) is 5.40. The van der Waals surface area contributed by atoms with Crippen LogP contribution in [0, 0.1) is 6.92 Å². The summed E-state index contributed by atoms with van der Waals surface area (Å²) in [5, 5.41) is 18.7. The van der Waals surface area contributed by atoms with Gasteiger partial charge in [-0.15, -0.1) is 10.2 Å². The molecule has 0 fully saturated rings. The molecule has 0 bridgehead atoms. The Morgan fingerprint density at radius 3 is 2.69 bits per heavy atom. The summed E-state index contributed by atoms with van der Waals surface area (Å²) in [5.41, 5.74) is 0. The molecule has 1 aromatic rings. The van der Waals surface area contributed by atoms with Gasteiger partial charge >= 0.3 is 5.97 Å². The monoisotopic (exact) mass is 245 g/mol. The average molecular weight is 245 g/mol. The van der Waals surface area contributed by atoms with Gasteiger partial charge in [0.2, 0.25) is 11.8 Å². The minimum atomic E-state index is -1.10. The molecule has 1 rings (SSSR count). The first-order chi connectivity index (χ1) is 7.49. The number of amides is 1. The van der Waals surface area contributed by atoms with Crippen LogP contribution < -0.4 is 5.32 Å². The Kier molecular flexibility index (Phi) is 4.29. The fraction of sp³-hybridized carbons (Fsp3) is 0.500. The molecule has 1 amide bonds. The van der Waals surface area contributed by atoms with Gasteiger partial charge in [0.15, 0.2) is 0 Å². The number of carbonyl (C=O) groups is 2. The Bertz CT molecular complexity index is 392. The number of nitrogens with zero attached hydrogens (tertiary/aromatic N) is 2. The minimum absolute atomic E-state index is 0.135. The standard InChI is InChI=1S/C8H11N3O4S/c1-4(12)9-6(7(13)14)3-16-8-11-10-5(2)15-8/h6H,3H2,1-2H3,(H,9,12)(H,13,14). The molecule has 16 heavy (non-hydrogen) atoms. The van der Waals surface area contributed by atoms with Gasteiger partial charge in [-0.3, -0.25) is 4.79 Å². The molecule has 0 saturated heterocycles. The van der Waals surface area contributed by atoms with E-state index in [4.69, 9.17) is 9.52 Å². The van der Waals surface area contributed by atoms with Crippen LogP contribution in [0.25, 0.3) is 0 Å². The highest BCUT2D eigenvalue weighted by molar-refractivity contribution is 7.99. The molecule has 88 valence electrons. The molecule has 8 heteroatoms. The van der Waals surface area contributed by atoms with Gasteiger partial charge in [-0.05, 0) is 0 Å². The molecule has 1 atom stereocenters. The summed E-state index contributed by atoms with van der Waals surface area (Å²) >= 11 is 1.08. The molecule has 1 heterocycles. The number of hydrogen-bond acceptors (Lipinski definition) is 6. The van der Waals surface area contributed by atoms with Gasteiger partial charge in [0.1, 0.15) is 6.04 Å². The predicted molar refractivity (Wildman–Crippen MR) is 55.0 cm³/mol. The average Bonchev–Trinajstić information content (AvgIpc) is 2.58. The number of carboxylic acids is 1. The summed E-state index contributed by atoms with van der Waals surface area (Å²) in [6, 6.07) is -0.963. The number of aryl methyl sites for hydroxylation is 1. The molecule has 1 unspecified atom stereocenters. The molecule has 0 aliphatic carbocycles. The minimum Gasteiger partial charge on any atom is -0.480 e. The lowest BCUT2D eigenvalue weighted by Gasteiger charge is -2.10. The molecule has 0 aliphatic heterocycles. The second-order valence-corrected chi connectivity index (χ2v) is 3.96. The molecule has 0 aliphatic rings. The van der Waals surface area contributed by atoms with Crippen LogP contribution in [0.4, 0.5) is 0 Å². The molecule has 0 aromatic carbocycles. The summed E-state index contributed by atoms with van der Waals surface area (Å²) in [7, 11) is 0. The molecule has 1 aromatic heterocycles. The highest BCUT2D eigenvalue weighted by Crippen LogP contribution is 2.16. The van der Waals surface area contributed by atoms with Crippen molar-refractivity contribution in [3.8, 4) is 0 Å². The molecular weight excluding hydrogens is 234 g/mol. The van der Waals surface area contributed by atoms with Crippen LogP contribution in [0.15, 0.2) is 9.64 Å². The maximum atomic E-state index is 10.8. The van der Waals surface area contributed by atoms with E-state index < -0.39 is 17.9 Å². The lowest BCUT2D eigenvalue weighted by molar-refractivity contribution is -0.140. The maximum Gasteiger partial charge on any atom is 0.327 e.